The van der Waals surface area contributed by atoms with E-state index in [1.807, 2.05) is 41.3 Å². The minimum absolute atomic E-state index is 0.175. The Morgan fingerprint density at radius 1 is 1.09 bits per heavy atom. The Morgan fingerprint density at radius 3 is 2.62 bits per heavy atom. The van der Waals surface area contributed by atoms with Gasteiger partial charge in [-0.1, -0.05) is 47.5 Å². The predicted octanol–water partition coefficient (Wildman–Crippen LogP) is 5.14. The van der Waals surface area contributed by atoms with Gasteiger partial charge < -0.3 is 10.2 Å². The maximum Gasteiger partial charge on any atom is 0.255 e. The van der Waals surface area contributed by atoms with Gasteiger partial charge in [-0.2, -0.15) is 0 Å². The van der Waals surface area contributed by atoms with Crippen LogP contribution in [0.15, 0.2) is 66.9 Å². The molecular weight excluding hydrogens is 478 g/mol. The van der Waals surface area contributed by atoms with Crippen molar-refractivity contribution in [2.24, 2.45) is 0 Å². The van der Waals surface area contributed by atoms with Crippen molar-refractivity contribution in [2.45, 2.75) is 0 Å². The molecular formula is C25H21Cl2FN4O2. The number of anilines is 2. The van der Waals surface area contributed by atoms with E-state index in [-0.39, 0.29) is 17.6 Å². The van der Waals surface area contributed by atoms with Crippen LogP contribution in [0.25, 0.3) is 6.08 Å². The Balaban J connectivity index is 1.43. The van der Waals surface area contributed by atoms with Crippen molar-refractivity contribution in [2.75, 3.05) is 36.4 Å². The molecule has 0 radical (unpaired) electrons. The molecule has 0 bridgehead atoms. The average molecular weight is 499 g/mol. The number of benzene rings is 2. The van der Waals surface area contributed by atoms with Gasteiger partial charge in [-0.05, 0) is 48.0 Å². The number of hydrogen-bond donors (Lipinski definition) is 1. The lowest BCUT2D eigenvalue weighted by Crippen LogP contribution is -2.50. The average Bonchev–Trinajstić information content (AvgIpc) is 2.82. The standard InChI is InChI=1S/C25H21Cl2FN4O2/c26-19-5-3-17(4-6-19)2-1-11-31-12-13-32(24(33)16-31)22-15-20(28)7-8-21(22)30-25(34)18-9-10-29-23(27)14-18/h1-10,14-15H,11-13,16H2,(H,30,34). The molecule has 6 nitrogen and oxygen atoms in total. The highest BCUT2D eigenvalue weighted by Gasteiger charge is 2.27. The van der Waals surface area contributed by atoms with Crippen molar-refractivity contribution in [3.8, 4) is 0 Å². The molecule has 1 aliphatic rings. The van der Waals surface area contributed by atoms with Crippen LogP contribution in [-0.2, 0) is 4.79 Å². The van der Waals surface area contributed by atoms with Crippen molar-refractivity contribution in [1.82, 2.24) is 9.88 Å². The molecule has 34 heavy (non-hydrogen) atoms. The second-order valence-corrected chi connectivity index (χ2v) is 8.54. The summed E-state index contributed by atoms with van der Waals surface area (Å²) in [5.74, 6) is -1.11. The van der Waals surface area contributed by atoms with Crippen LogP contribution in [0.5, 0.6) is 0 Å². The molecule has 2 heterocycles. The third kappa shape index (κ3) is 5.99. The number of halogens is 3. The monoisotopic (exact) mass is 498 g/mol. The Morgan fingerprint density at radius 2 is 1.88 bits per heavy atom. The van der Waals surface area contributed by atoms with Gasteiger partial charge in [0, 0.05) is 36.4 Å². The Bertz CT molecular complexity index is 1230. The van der Waals surface area contributed by atoms with E-state index in [1.165, 1.54) is 41.4 Å². The first kappa shape index (κ1) is 23.9. The minimum atomic E-state index is -0.499. The third-order valence-corrected chi connectivity index (χ3v) is 5.79. The van der Waals surface area contributed by atoms with Crippen LogP contribution in [0.1, 0.15) is 15.9 Å². The number of piperazine rings is 1. The number of hydrogen-bond acceptors (Lipinski definition) is 4. The van der Waals surface area contributed by atoms with Crippen LogP contribution in [0.2, 0.25) is 10.2 Å². The molecule has 0 spiro atoms. The fourth-order valence-electron chi connectivity index (χ4n) is 3.62. The van der Waals surface area contributed by atoms with E-state index in [9.17, 15) is 14.0 Å². The van der Waals surface area contributed by atoms with Gasteiger partial charge in [0.1, 0.15) is 11.0 Å². The Kier molecular flexibility index (Phi) is 7.57. The number of pyridine rings is 1. The van der Waals surface area contributed by atoms with Crippen molar-refractivity contribution < 1.29 is 14.0 Å². The zero-order valence-electron chi connectivity index (χ0n) is 18.0. The van der Waals surface area contributed by atoms with Gasteiger partial charge in [0.15, 0.2) is 0 Å². The van der Waals surface area contributed by atoms with Gasteiger partial charge in [0.25, 0.3) is 5.91 Å². The highest BCUT2D eigenvalue weighted by atomic mass is 35.5. The summed E-state index contributed by atoms with van der Waals surface area (Å²) in [4.78, 5) is 32.9. The molecule has 4 rings (SSSR count). The highest BCUT2D eigenvalue weighted by molar-refractivity contribution is 6.30. The zero-order chi connectivity index (χ0) is 24.1. The number of nitrogens with one attached hydrogen (secondary N) is 1. The van der Waals surface area contributed by atoms with E-state index in [0.29, 0.717) is 41.6 Å². The van der Waals surface area contributed by atoms with E-state index >= 15 is 0 Å². The van der Waals surface area contributed by atoms with E-state index in [2.05, 4.69) is 10.3 Å². The first-order valence-corrected chi connectivity index (χ1v) is 11.3. The van der Waals surface area contributed by atoms with E-state index < -0.39 is 11.7 Å². The van der Waals surface area contributed by atoms with Gasteiger partial charge in [0.2, 0.25) is 5.91 Å². The molecule has 0 aliphatic carbocycles. The fourth-order valence-corrected chi connectivity index (χ4v) is 3.92. The van der Waals surface area contributed by atoms with Crippen LogP contribution < -0.4 is 10.2 Å². The summed E-state index contributed by atoms with van der Waals surface area (Å²) in [6.45, 7) is 1.73. The minimum Gasteiger partial charge on any atom is -0.320 e. The summed E-state index contributed by atoms with van der Waals surface area (Å²) in [7, 11) is 0. The van der Waals surface area contributed by atoms with Crippen molar-refractivity contribution in [3.63, 3.8) is 0 Å². The number of carbonyl (C=O) groups is 2. The molecule has 9 heteroatoms. The maximum atomic E-state index is 14.1. The molecule has 1 aliphatic heterocycles. The molecule has 1 aromatic heterocycles. The van der Waals surface area contributed by atoms with Crippen LogP contribution in [0.3, 0.4) is 0 Å². The van der Waals surface area contributed by atoms with Gasteiger partial charge >= 0.3 is 0 Å². The molecule has 0 saturated carbocycles. The number of carbonyl (C=O) groups excluding carboxylic acids is 2. The molecule has 1 saturated heterocycles. The van der Waals surface area contributed by atoms with Gasteiger partial charge in [-0.25, -0.2) is 9.37 Å². The number of rotatable bonds is 6. The van der Waals surface area contributed by atoms with Gasteiger partial charge in [-0.3, -0.25) is 14.5 Å². The topological polar surface area (TPSA) is 65.5 Å². The largest absolute Gasteiger partial charge is 0.320 e. The molecule has 174 valence electrons. The molecule has 3 aromatic rings. The van der Waals surface area contributed by atoms with Crippen molar-refractivity contribution in [3.05, 3.63) is 94.0 Å². The lowest BCUT2D eigenvalue weighted by Gasteiger charge is -2.34. The molecule has 1 N–H and O–H groups in total. The van der Waals surface area contributed by atoms with Crippen LogP contribution in [0.4, 0.5) is 15.8 Å². The van der Waals surface area contributed by atoms with Crippen LogP contribution in [0, 0.1) is 5.82 Å². The van der Waals surface area contributed by atoms with Crippen molar-refractivity contribution >= 4 is 52.5 Å². The summed E-state index contributed by atoms with van der Waals surface area (Å²) in [6, 6.07) is 14.4. The van der Waals surface area contributed by atoms with Gasteiger partial charge in [0.05, 0.1) is 17.9 Å². The number of nitrogens with zero attached hydrogens (tertiary/aromatic N) is 3. The summed E-state index contributed by atoms with van der Waals surface area (Å²) in [5, 5.41) is 3.61. The number of amides is 2. The zero-order valence-corrected chi connectivity index (χ0v) is 19.6. The summed E-state index contributed by atoms with van der Waals surface area (Å²) < 4.78 is 14.1. The number of aromatic nitrogens is 1. The molecule has 2 aromatic carbocycles. The maximum absolute atomic E-state index is 14.1. The summed E-state index contributed by atoms with van der Waals surface area (Å²) >= 11 is 11.8. The second kappa shape index (κ2) is 10.8. The predicted molar refractivity (Wildman–Crippen MR) is 133 cm³/mol. The molecule has 0 unspecified atom stereocenters. The SMILES string of the molecule is O=C(Nc1ccc(F)cc1N1CCN(CC=Cc2ccc(Cl)cc2)CC1=O)c1ccnc(Cl)c1. The lowest BCUT2D eigenvalue weighted by molar-refractivity contribution is -0.121. The molecule has 1 fully saturated rings. The Labute approximate surface area is 206 Å². The molecule has 2 amide bonds. The normalized spacial score (nSPS) is 14.6. The second-order valence-electron chi connectivity index (χ2n) is 7.72. The highest BCUT2D eigenvalue weighted by Crippen LogP contribution is 2.29. The van der Waals surface area contributed by atoms with E-state index in [0.717, 1.165) is 5.56 Å². The van der Waals surface area contributed by atoms with Crippen molar-refractivity contribution in [1.29, 1.82) is 0 Å². The van der Waals surface area contributed by atoms with Crippen LogP contribution >= 0.6 is 23.2 Å². The molecule has 0 atom stereocenters. The summed E-state index contributed by atoms with van der Waals surface area (Å²) in [6.07, 6.45) is 5.38. The first-order valence-electron chi connectivity index (χ1n) is 10.6. The Hall–Kier alpha value is -3.26. The lowest BCUT2D eigenvalue weighted by atomic mass is 10.1. The van der Waals surface area contributed by atoms with Crippen LogP contribution in [-0.4, -0.2) is 47.9 Å². The fraction of sp³-hybridized carbons (Fsp3) is 0.160. The van der Waals surface area contributed by atoms with Gasteiger partial charge in [-0.15, -0.1) is 0 Å². The first-order chi connectivity index (χ1) is 16.4. The summed E-state index contributed by atoms with van der Waals surface area (Å²) in [5.41, 5.74) is 1.97. The smallest absolute Gasteiger partial charge is 0.255 e. The third-order valence-electron chi connectivity index (χ3n) is 5.33. The quantitative estimate of drug-likeness (QED) is 0.477. The van der Waals surface area contributed by atoms with E-state index in [4.69, 9.17) is 23.2 Å². The van der Waals surface area contributed by atoms with E-state index in [1.54, 1.807) is 0 Å².